The molecule has 3 heteroatoms. The van der Waals surface area contributed by atoms with Crippen molar-refractivity contribution >= 4 is 18.0 Å². The number of hydrogen-bond donors (Lipinski definition) is 0. The number of benzene rings is 2. The van der Waals surface area contributed by atoms with E-state index >= 15 is 0 Å². The average molecular weight is 284 g/mol. The molecule has 20 heavy (non-hydrogen) atoms. The number of thioether (sulfide) groups is 1. The molecule has 0 spiro atoms. The molecule has 1 aliphatic heterocycles. The monoisotopic (exact) mass is 284 g/mol. The Morgan fingerprint density at radius 3 is 3.05 bits per heavy atom. The van der Waals surface area contributed by atoms with Crippen molar-refractivity contribution in [1.82, 2.24) is 0 Å². The lowest BCUT2D eigenvalue weighted by Gasteiger charge is -2.10. The van der Waals surface area contributed by atoms with Gasteiger partial charge in [0.1, 0.15) is 18.1 Å². The summed E-state index contributed by atoms with van der Waals surface area (Å²) in [4.78, 5) is 11.9. The van der Waals surface area contributed by atoms with E-state index < -0.39 is 0 Å². The minimum atomic E-state index is 0.219. The first-order valence-corrected chi connectivity index (χ1v) is 7.67. The molecule has 2 aromatic rings. The van der Waals surface area contributed by atoms with E-state index in [0.29, 0.717) is 0 Å². The van der Waals surface area contributed by atoms with Crippen molar-refractivity contribution in [3.8, 4) is 5.75 Å². The normalized spacial score (nSPS) is 16.6. The van der Waals surface area contributed by atoms with Crippen molar-refractivity contribution in [1.29, 1.82) is 0 Å². The molecule has 2 aromatic carbocycles. The SMILES string of the molecule is Cc1ccc2c(c1)CC(CSc1cccc(C=O)c1)O2. The molecular weight excluding hydrogens is 268 g/mol. The fourth-order valence-electron chi connectivity index (χ4n) is 2.41. The predicted octanol–water partition coefficient (Wildman–Crippen LogP) is 3.90. The van der Waals surface area contributed by atoms with Crippen LogP contribution >= 0.6 is 11.8 Å². The summed E-state index contributed by atoms with van der Waals surface area (Å²) >= 11 is 1.74. The smallest absolute Gasteiger partial charge is 0.150 e. The van der Waals surface area contributed by atoms with E-state index in [1.165, 1.54) is 11.1 Å². The number of aryl methyl sites for hydroxylation is 1. The van der Waals surface area contributed by atoms with Gasteiger partial charge in [0.25, 0.3) is 0 Å². The summed E-state index contributed by atoms with van der Waals surface area (Å²) in [5.41, 5.74) is 3.30. The number of aldehydes is 1. The van der Waals surface area contributed by atoms with E-state index in [2.05, 4.69) is 25.1 Å². The average Bonchev–Trinajstić information content (AvgIpc) is 2.87. The van der Waals surface area contributed by atoms with Crippen LogP contribution < -0.4 is 4.74 Å². The number of fused-ring (bicyclic) bond motifs is 1. The third-order valence-corrected chi connectivity index (χ3v) is 4.51. The molecule has 102 valence electrons. The minimum Gasteiger partial charge on any atom is -0.489 e. The summed E-state index contributed by atoms with van der Waals surface area (Å²) in [6.07, 6.45) is 2.07. The molecule has 0 aliphatic carbocycles. The van der Waals surface area contributed by atoms with Gasteiger partial charge in [-0.1, -0.05) is 29.8 Å². The fraction of sp³-hybridized carbons (Fsp3) is 0.235. The van der Waals surface area contributed by atoms with Gasteiger partial charge in [0.2, 0.25) is 0 Å². The number of ether oxygens (including phenoxy) is 1. The Hall–Kier alpha value is -1.74. The van der Waals surface area contributed by atoms with Crippen LogP contribution in [-0.4, -0.2) is 18.1 Å². The first kappa shape index (κ1) is 13.3. The van der Waals surface area contributed by atoms with E-state index in [1.54, 1.807) is 11.8 Å². The molecule has 1 atom stereocenters. The number of carbonyl (C=O) groups is 1. The lowest BCUT2D eigenvalue weighted by Crippen LogP contribution is -2.15. The largest absolute Gasteiger partial charge is 0.489 e. The Morgan fingerprint density at radius 1 is 1.30 bits per heavy atom. The topological polar surface area (TPSA) is 26.3 Å². The molecule has 0 saturated carbocycles. The highest BCUT2D eigenvalue weighted by Gasteiger charge is 2.22. The van der Waals surface area contributed by atoms with Gasteiger partial charge >= 0.3 is 0 Å². The van der Waals surface area contributed by atoms with Gasteiger partial charge in [0, 0.05) is 22.6 Å². The molecule has 0 fully saturated rings. The molecule has 0 bridgehead atoms. The van der Waals surface area contributed by atoms with Crippen LogP contribution in [0.1, 0.15) is 21.5 Å². The van der Waals surface area contributed by atoms with Crippen molar-refractivity contribution in [3.63, 3.8) is 0 Å². The lowest BCUT2D eigenvalue weighted by atomic mass is 10.1. The molecule has 0 aromatic heterocycles. The number of hydrogen-bond acceptors (Lipinski definition) is 3. The van der Waals surface area contributed by atoms with E-state index in [4.69, 9.17) is 4.74 Å². The van der Waals surface area contributed by atoms with Crippen molar-refractivity contribution in [2.75, 3.05) is 5.75 Å². The molecule has 3 rings (SSSR count). The van der Waals surface area contributed by atoms with Crippen LogP contribution in [0.5, 0.6) is 5.75 Å². The van der Waals surface area contributed by atoms with Crippen molar-refractivity contribution in [3.05, 3.63) is 59.2 Å². The van der Waals surface area contributed by atoms with Gasteiger partial charge in [-0.3, -0.25) is 4.79 Å². The van der Waals surface area contributed by atoms with Crippen LogP contribution in [0.4, 0.5) is 0 Å². The summed E-state index contributed by atoms with van der Waals surface area (Å²) in [5.74, 6) is 1.92. The predicted molar refractivity (Wildman–Crippen MR) is 81.9 cm³/mol. The Bertz CT molecular complexity index is 637. The van der Waals surface area contributed by atoms with E-state index in [1.807, 2.05) is 24.3 Å². The molecule has 1 aliphatic rings. The standard InChI is InChI=1S/C17H16O2S/c1-12-5-6-17-14(7-12)9-15(19-17)11-20-16-4-2-3-13(8-16)10-18/h2-8,10,15H,9,11H2,1H3. The number of rotatable bonds is 4. The van der Waals surface area contributed by atoms with Gasteiger partial charge in [0.05, 0.1) is 0 Å². The molecule has 1 heterocycles. The summed E-state index contributed by atoms with van der Waals surface area (Å²) in [6, 6.07) is 14.0. The molecular formula is C17H16O2S. The maximum absolute atomic E-state index is 10.8. The van der Waals surface area contributed by atoms with Gasteiger partial charge in [-0.25, -0.2) is 0 Å². The highest BCUT2D eigenvalue weighted by atomic mass is 32.2. The minimum absolute atomic E-state index is 0.219. The Morgan fingerprint density at radius 2 is 2.20 bits per heavy atom. The summed E-state index contributed by atoms with van der Waals surface area (Å²) < 4.78 is 5.95. The first-order valence-electron chi connectivity index (χ1n) is 6.69. The second-order valence-corrected chi connectivity index (χ2v) is 6.15. The molecule has 0 N–H and O–H groups in total. The highest BCUT2D eigenvalue weighted by Crippen LogP contribution is 2.32. The molecule has 0 amide bonds. The van der Waals surface area contributed by atoms with Gasteiger partial charge in [-0.05, 0) is 30.7 Å². The second-order valence-electron chi connectivity index (χ2n) is 5.06. The van der Waals surface area contributed by atoms with Crippen LogP contribution in [0, 0.1) is 6.92 Å². The molecule has 0 saturated heterocycles. The van der Waals surface area contributed by atoms with Crippen molar-refractivity contribution in [2.24, 2.45) is 0 Å². The van der Waals surface area contributed by atoms with E-state index in [0.717, 1.165) is 34.7 Å². The Kier molecular flexibility index (Phi) is 3.79. The fourth-order valence-corrected chi connectivity index (χ4v) is 3.37. The Labute approximate surface area is 123 Å². The van der Waals surface area contributed by atoms with Crippen LogP contribution in [0.3, 0.4) is 0 Å². The van der Waals surface area contributed by atoms with Crippen LogP contribution in [0.25, 0.3) is 0 Å². The van der Waals surface area contributed by atoms with Crippen LogP contribution in [0.15, 0.2) is 47.4 Å². The zero-order valence-electron chi connectivity index (χ0n) is 11.3. The van der Waals surface area contributed by atoms with Gasteiger partial charge in [-0.2, -0.15) is 0 Å². The summed E-state index contributed by atoms with van der Waals surface area (Å²) in [7, 11) is 0. The third kappa shape index (κ3) is 2.88. The van der Waals surface area contributed by atoms with E-state index in [9.17, 15) is 4.79 Å². The molecule has 1 unspecified atom stereocenters. The van der Waals surface area contributed by atoms with Crippen molar-refractivity contribution < 1.29 is 9.53 Å². The Balaban J connectivity index is 1.62. The van der Waals surface area contributed by atoms with Crippen LogP contribution in [0.2, 0.25) is 0 Å². The zero-order valence-corrected chi connectivity index (χ0v) is 12.2. The second kappa shape index (κ2) is 5.71. The zero-order chi connectivity index (χ0) is 13.9. The quantitative estimate of drug-likeness (QED) is 0.629. The van der Waals surface area contributed by atoms with Gasteiger partial charge in [0.15, 0.2) is 0 Å². The summed E-state index contributed by atoms with van der Waals surface area (Å²) in [6.45, 7) is 2.10. The van der Waals surface area contributed by atoms with Gasteiger partial charge in [-0.15, -0.1) is 11.8 Å². The highest BCUT2D eigenvalue weighted by molar-refractivity contribution is 7.99. The molecule has 2 nitrogen and oxygen atoms in total. The number of carbonyl (C=O) groups excluding carboxylic acids is 1. The summed E-state index contributed by atoms with van der Waals surface area (Å²) in [5, 5.41) is 0. The first-order chi connectivity index (χ1) is 9.74. The van der Waals surface area contributed by atoms with Gasteiger partial charge < -0.3 is 4.74 Å². The third-order valence-electron chi connectivity index (χ3n) is 3.39. The van der Waals surface area contributed by atoms with Crippen molar-refractivity contribution in [2.45, 2.75) is 24.3 Å². The lowest BCUT2D eigenvalue weighted by molar-refractivity contribution is 0.112. The maximum atomic E-state index is 10.8. The maximum Gasteiger partial charge on any atom is 0.150 e. The van der Waals surface area contributed by atoms with Crippen LogP contribution in [-0.2, 0) is 6.42 Å². The van der Waals surface area contributed by atoms with E-state index in [-0.39, 0.29) is 6.10 Å². The molecule has 0 radical (unpaired) electrons.